The fourth-order valence-corrected chi connectivity index (χ4v) is 2.27. The van der Waals surface area contributed by atoms with Gasteiger partial charge in [-0.05, 0) is 47.5 Å². The van der Waals surface area contributed by atoms with E-state index in [1.54, 1.807) is 25.3 Å². The summed E-state index contributed by atoms with van der Waals surface area (Å²) >= 11 is 3.36. The molecule has 0 saturated carbocycles. The number of nitrogens with zero attached hydrogens (tertiary/aromatic N) is 2. The van der Waals surface area contributed by atoms with Crippen LogP contribution in [-0.2, 0) is 0 Å². The summed E-state index contributed by atoms with van der Waals surface area (Å²) in [6, 6.07) is 8.94. The Morgan fingerprint density at radius 3 is 2.80 bits per heavy atom. The number of rotatable bonds is 4. The molecule has 1 N–H and O–H groups in total. The standard InChI is InChI=1S/C14H14BrN3O2/c1-9-5-6-11(8-13(9)18(19)20)10(2)17-12-4-3-7-16-14(12)15/h3-8,10,17H,1-2H3. The Balaban J connectivity index is 2.26. The van der Waals surface area contributed by atoms with Gasteiger partial charge in [0.2, 0.25) is 0 Å². The highest BCUT2D eigenvalue weighted by molar-refractivity contribution is 9.10. The molecule has 0 radical (unpaired) electrons. The molecule has 20 heavy (non-hydrogen) atoms. The van der Waals surface area contributed by atoms with Crippen molar-refractivity contribution < 1.29 is 4.92 Å². The predicted octanol–water partition coefficient (Wildman–Crippen LogP) is 4.23. The number of hydrogen-bond acceptors (Lipinski definition) is 4. The molecule has 1 unspecified atom stereocenters. The minimum absolute atomic E-state index is 0.0604. The van der Waals surface area contributed by atoms with Crippen LogP contribution in [-0.4, -0.2) is 9.91 Å². The lowest BCUT2D eigenvalue weighted by molar-refractivity contribution is -0.385. The fourth-order valence-electron chi connectivity index (χ4n) is 1.90. The van der Waals surface area contributed by atoms with Crippen LogP contribution >= 0.6 is 15.9 Å². The van der Waals surface area contributed by atoms with Gasteiger partial charge < -0.3 is 5.32 Å². The highest BCUT2D eigenvalue weighted by Gasteiger charge is 2.15. The molecule has 2 aromatic rings. The molecule has 1 atom stereocenters. The number of nitro groups is 1. The number of hydrogen-bond donors (Lipinski definition) is 1. The van der Waals surface area contributed by atoms with Crippen LogP contribution in [0.5, 0.6) is 0 Å². The SMILES string of the molecule is Cc1ccc(C(C)Nc2cccnc2Br)cc1[N+](=O)[O-]. The Bertz CT molecular complexity index is 646. The first-order valence-corrected chi connectivity index (χ1v) is 6.90. The lowest BCUT2D eigenvalue weighted by Gasteiger charge is -2.16. The second-order valence-corrected chi connectivity index (χ2v) is 5.26. The van der Waals surface area contributed by atoms with Crippen LogP contribution in [0.15, 0.2) is 41.1 Å². The van der Waals surface area contributed by atoms with E-state index in [4.69, 9.17) is 0 Å². The van der Waals surface area contributed by atoms with Gasteiger partial charge >= 0.3 is 0 Å². The molecule has 1 aromatic carbocycles. The van der Waals surface area contributed by atoms with Crippen LogP contribution in [0.1, 0.15) is 24.1 Å². The summed E-state index contributed by atoms with van der Waals surface area (Å²) in [5, 5.41) is 14.3. The first-order chi connectivity index (χ1) is 9.49. The maximum atomic E-state index is 11.0. The molecular formula is C14H14BrN3O2. The minimum atomic E-state index is -0.356. The van der Waals surface area contributed by atoms with E-state index < -0.39 is 0 Å². The summed E-state index contributed by atoms with van der Waals surface area (Å²) in [7, 11) is 0. The Labute approximate surface area is 125 Å². The molecule has 0 fully saturated rings. The zero-order chi connectivity index (χ0) is 14.7. The van der Waals surface area contributed by atoms with Gasteiger partial charge in [-0.15, -0.1) is 0 Å². The van der Waals surface area contributed by atoms with E-state index in [9.17, 15) is 10.1 Å². The van der Waals surface area contributed by atoms with Crippen LogP contribution in [0.3, 0.4) is 0 Å². The topological polar surface area (TPSA) is 68.1 Å². The van der Waals surface area contributed by atoms with Gasteiger partial charge in [0.25, 0.3) is 5.69 Å². The lowest BCUT2D eigenvalue weighted by Crippen LogP contribution is -2.08. The second kappa shape index (κ2) is 6.00. The van der Waals surface area contributed by atoms with E-state index in [0.29, 0.717) is 10.2 Å². The zero-order valence-electron chi connectivity index (χ0n) is 11.1. The number of nitro benzene ring substituents is 1. The summed E-state index contributed by atoms with van der Waals surface area (Å²) in [6.45, 7) is 3.69. The zero-order valence-corrected chi connectivity index (χ0v) is 12.7. The van der Waals surface area contributed by atoms with E-state index in [0.717, 1.165) is 11.3 Å². The van der Waals surface area contributed by atoms with E-state index in [-0.39, 0.29) is 16.7 Å². The third-order valence-electron chi connectivity index (χ3n) is 3.06. The van der Waals surface area contributed by atoms with Crippen molar-refractivity contribution in [3.8, 4) is 0 Å². The molecule has 2 rings (SSSR count). The smallest absolute Gasteiger partial charge is 0.272 e. The van der Waals surface area contributed by atoms with E-state index >= 15 is 0 Å². The number of anilines is 1. The molecular weight excluding hydrogens is 322 g/mol. The maximum Gasteiger partial charge on any atom is 0.272 e. The van der Waals surface area contributed by atoms with Crippen LogP contribution in [0.2, 0.25) is 0 Å². The summed E-state index contributed by atoms with van der Waals surface area (Å²) in [5.41, 5.74) is 2.51. The summed E-state index contributed by atoms with van der Waals surface area (Å²) in [6.07, 6.45) is 1.69. The maximum absolute atomic E-state index is 11.0. The second-order valence-electron chi connectivity index (χ2n) is 4.51. The van der Waals surface area contributed by atoms with Crippen molar-refractivity contribution in [1.82, 2.24) is 4.98 Å². The predicted molar refractivity (Wildman–Crippen MR) is 81.8 cm³/mol. The Hall–Kier alpha value is -1.95. The minimum Gasteiger partial charge on any atom is -0.376 e. The third-order valence-corrected chi connectivity index (χ3v) is 3.69. The number of halogens is 1. The Kier molecular flexibility index (Phi) is 4.34. The van der Waals surface area contributed by atoms with Crippen molar-refractivity contribution in [2.45, 2.75) is 19.9 Å². The number of pyridine rings is 1. The first-order valence-electron chi connectivity index (χ1n) is 6.11. The van der Waals surface area contributed by atoms with Gasteiger partial charge in [-0.1, -0.05) is 12.1 Å². The molecule has 1 heterocycles. The van der Waals surface area contributed by atoms with Crippen molar-refractivity contribution in [3.05, 3.63) is 62.4 Å². The molecule has 0 amide bonds. The van der Waals surface area contributed by atoms with Crippen molar-refractivity contribution in [2.24, 2.45) is 0 Å². The van der Waals surface area contributed by atoms with E-state index in [2.05, 4.69) is 26.2 Å². The van der Waals surface area contributed by atoms with Crippen molar-refractivity contribution in [3.63, 3.8) is 0 Å². The molecule has 104 valence electrons. The van der Waals surface area contributed by atoms with Crippen LogP contribution in [0.25, 0.3) is 0 Å². The molecule has 1 aromatic heterocycles. The number of benzene rings is 1. The van der Waals surface area contributed by atoms with Gasteiger partial charge in [-0.25, -0.2) is 4.98 Å². The van der Waals surface area contributed by atoms with Crippen molar-refractivity contribution >= 4 is 27.3 Å². The average Bonchev–Trinajstić information content (AvgIpc) is 2.41. The van der Waals surface area contributed by atoms with Crippen LogP contribution in [0.4, 0.5) is 11.4 Å². The average molecular weight is 336 g/mol. The van der Waals surface area contributed by atoms with Gasteiger partial charge in [-0.3, -0.25) is 10.1 Å². The molecule has 6 heteroatoms. The van der Waals surface area contributed by atoms with Gasteiger partial charge in [0.1, 0.15) is 4.60 Å². The van der Waals surface area contributed by atoms with Gasteiger partial charge in [-0.2, -0.15) is 0 Å². The normalized spacial score (nSPS) is 11.9. The number of aryl methyl sites for hydroxylation is 1. The Morgan fingerprint density at radius 1 is 1.40 bits per heavy atom. The van der Waals surface area contributed by atoms with Gasteiger partial charge in [0, 0.05) is 23.9 Å². The summed E-state index contributed by atoms with van der Waals surface area (Å²) < 4.78 is 0.716. The number of nitrogens with one attached hydrogen (secondary N) is 1. The highest BCUT2D eigenvalue weighted by Crippen LogP contribution is 2.27. The molecule has 5 nitrogen and oxygen atoms in total. The summed E-state index contributed by atoms with van der Waals surface area (Å²) in [4.78, 5) is 14.8. The van der Waals surface area contributed by atoms with E-state index in [1.807, 2.05) is 25.1 Å². The first kappa shape index (κ1) is 14.5. The monoisotopic (exact) mass is 335 g/mol. The van der Waals surface area contributed by atoms with Crippen LogP contribution in [0, 0.1) is 17.0 Å². The van der Waals surface area contributed by atoms with Gasteiger partial charge in [0.15, 0.2) is 0 Å². The molecule has 0 aliphatic rings. The highest BCUT2D eigenvalue weighted by atomic mass is 79.9. The molecule has 0 saturated heterocycles. The van der Waals surface area contributed by atoms with Crippen LogP contribution < -0.4 is 5.32 Å². The third kappa shape index (κ3) is 3.14. The van der Waals surface area contributed by atoms with E-state index in [1.165, 1.54) is 0 Å². The molecule has 0 aliphatic carbocycles. The largest absolute Gasteiger partial charge is 0.376 e. The molecule has 0 bridgehead atoms. The molecule has 0 spiro atoms. The number of aromatic nitrogens is 1. The summed E-state index contributed by atoms with van der Waals surface area (Å²) in [5.74, 6) is 0. The Morgan fingerprint density at radius 2 is 2.15 bits per heavy atom. The van der Waals surface area contributed by atoms with Gasteiger partial charge in [0.05, 0.1) is 10.6 Å². The molecule has 0 aliphatic heterocycles. The van der Waals surface area contributed by atoms with Crippen molar-refractivity contribution in [2.75, 3.05) is 5.32 Å². The lowest BCUT2D eigenvalue weighted by atomic mass is 10.0. The quantitative estimate of drug-likeness (QED) is 0.515. The van der Waals surface area contributed by atoms with Crippen molar-refractivity contribution in [1.29, 1.82) is 0 Å². The fraction of sp³-hybridized carbons (Fsp3) is 0.214.